The predicted molar refractivity (Wildman–Crippen MR) is 162 cm³/mol. The zero-order chi connectivity index (χ0) is 30.9. The second-order valence-electron chi connectivity index (χ2n) is 8.48. The number of carbonyl (C=O) groups is 4. The molecular weight excluding hydrogens is 592 g/mol. The van der Waals surface area contributed by atoms with Gasteiger partial charge in [0.15, 0.2) is 0 Å². The molecule has 0 aliphatic carbocycles. The number of hydrogen-bond donors (Lipinski definition) is 4. The first kappa shape index (κ1) is 40.3. The van der Waals surface area contributed by atoms with Gasteiger partial charge in [0, 0.05) is 77.6 Å². The van der Waals surface area contributed by atoms with Crippen LogP contribution in [0, 0.1) is 0 Å². The lowest BCUT2D eigenvalue weighted by Gasteiger charge is -2.08. The smallest absolute Gasteiger partial charge is 0.220 e. The highest BCUT2D eigenvalue weighted by Crippen LogP contribution is 2.19. The molecule has 0 saturated carbocycles. The van der Waals surface area contributed by atoms with Gasteiger partial charge in [0.2, 0.25) is 23.6 Å². The zero-order valence-corrected chi connectivity index (χ0v) is 26.7. The summed E-state index contributed by atoms with van der Waals surface area (Å²) in [7, 11) is 6.39. The van der Waals surface area contributed by atoms with Crippen LogP contribution in [-0.2, 0) is 47.6 Å². The average Bonchev–Trinajstić information content (AvgIpc) is 2.98. The van der Waals surface area contributed by atoms with Crippen LogP contribution in [0.4, 0.5) is 0 Å². The van der Waals surface area contributed by atoms with E-state index in [1.54, 1.807) is 35.8 Å². The molecule has 0 unspecified atom stereocenters. The monoisotopic (exact) mass is 642 g/mol. The number of methoxy groups -OCH3 is 2. The largest absolute Gasteiger partial charge is 0.382 e. The van der Waals surface area contributed by atoms with E-state index in [2.05, 4.69) is 21.3 Å². The van der Waals surface area contributed by atoms with Crippen molar-refractivity contribution >= 4 is 45.2 Å². The molecule has 4 amide bonds. The number of amides is 4. The molecular formula is C26H50N4O10S2. The molecule has 0 aromatic carbocycles. The lowest BCUT2D eigenvalue weighted by molar-refractivity contribution is -0.126. The number of carbonyl (C=O) groups excluding carboxylic acids is 4. The summed E-state index contributed by atoms with van der Waals surface area (Å²) in [6.45, 7) is 6.46. The van der Waals surface area contributed by atoms with Gasteiger partial charge in [-0.05, 0) is 0 Å². The lowest BCUT2D eigenvalue weighted by Crippen LogP contribution is -2.31. The molecule has 16 heteroatoms. The Morgan fingerprint density at radius 3 is 1.05 bits per heavy atom. The molecule has 0 spiro atoms. The molecule has 0 aromatic heterocycles. The molecule has 0 aliphatic rings. The molecule has 0 aliphatic heterocycles. The Morgan fingerprint density at radius 1 is 0.429 bits per heavy atom. The van der Waals surface area contributed by atoms with Crippen LogP contribution >= 0.6 is 21.6 Å². The Bertz CT molecular complexity index is 639. The number of rotatable bonds is 31. The van der Waals surface area contributed by atoms with E-state index in [4.69, 9.17) is 28.4 Å². The Morgan fingerprint density at radius 2 is 0.714 bits per heavy atom. The minimum Gasteiger partial charge on any atom is -0.382 e. The van der Waals surface area contributed by atoms with Crippen molar-refractivity contribution in [1.29, 1.82) is 0 Å². The van der Waals surface area contributed by atoms with E-state index in [0.29, 0.717) is 104 Å². The van der Waals surface area contributed by atoms with Gasteiger partial charge in [0.1, 0.15) is 0 Å². The first-order valence-electron chi connectivity index (χ1n) is 14.1. The van der Waals surface area contributed by atoms with Crippen molar-refractivity contribution in [1.82, 2.24) is 21.3 Å². The molecule has 42 heavy (non-hydrogen) atoms. The minimum absolute atomic E-state index is 0.121. The highest BCUT2D eigenvalue weighted by atomic mass is 33.1. The van der Waals surface area contributed by atoms with Gasteiger partial charge in [-0.3, -0.25) is 19.2 Å². The summed E-state index contributed by atoms with van der Waals surface area (Å²) >= 11 is 0. The Kier molecular flexibility index (Phi) is 31.0. The normalized spacial score (nSPS) is 10.8. The summed E-state index contributed by atoms with van der Waals surface area (Å²) in [5, 5.41) is 11.0. The molecule has 0 fully saturated rings. The fourth-order valence-corrected chi connectivity index (χ4v) is 4.66. The maximum atomic E-state index is 11.9. The van der Waals surface area contributed by atoms with E-state index in [1.165, 1.54) is 0 Å². The van der Waals surface area contributed by atoms with Gasteiger partial charge in [-0.1, -0.05) is 21.6 Å². The molecule has 4 N–H and O–H groups in total. The molecule has 0 saturated heterocycles. The fourth-order valence-electron chi connectivity index (χ4n) is 2.84. The lowest BCUT2D eigenvalue weighted by atomic mass is 10.3. The van der Waals surface area contributed by atoms with Crippen LogP contribution in [0.15, 0.2) is 0 Å². The van der Waals surface area contributed by atoms with Crippen molar-refractivity contribution in [2.45, 2.75) is 25.7 Å². The number of ether oxygens (including phenoxy) is 6. The third-order valence-electron chi connectivity index (χ3n) is 5.00. The number of nitrogens with one attached hydrogen (secondary N) is 4. The van der Waals surface area contributed by atoms with Crippen LogP contribution in [0.3, 0.4) is 0 Å². The first-order valence-corrected chi connectivity index (χ1v) is 16.6. The van der Waals surface area contributed by atoms with Crippen LogP contribution in [0.1, 0.15) is 25.7 Å². The van der Waals surface area contributed by atoms with Crippen molar-refractivity contribution in [3.63, 3.8) is 0 Å². The highest BCUT2D eigenvalue weighted by molar-refractivity contribution is 8.76. The van der Waals surface area contributed by atoms with Gasteiger partial charge in [-0.25, -0.2) is 0 Å². The Hall–Kier alpha value is -1.66. The molecule has 0 radical (unpaired) electrons. The minimum atomic E-state index is -0.196. The van der Waals surface area contributed by atoms with Crippen LogP contribution in [0.2, 0.25) is 0 Å². The van der Waals surface area contributed by atoms with Crippen LogP contribution in [-0.4, -0.2) is 142 Å². The topological polar surface area (TPSA) is 172 Å². The molecule has 0 atom stereocenters. The molecule has 0 rings (SSSR count). The van der Waals surface area contributed by atoms with Crippen molar-refractivity contribution in [2.24, 2.45) is 0 Å². The van der Waals surface area contributed by atoms with Crippen LogP contribution in [0.5, 0.6) is 0 Å². The van der Waals surface area contributed by atoms with Crippen molar-refractivity contribution < 1.29 is 47.6 Å². The van der Waals surface area contributed by atoms with E-state index >= 15 is 0 Å². The summed E-state index contributed by atoms with van der Waals surface area (Å²) in [6.07, 6.45) is 0.493. The average molecular weight is 643 g/mol. The summed E-state index contributed by atoms with van der Waals surface area (Å²) < 4.78 is 30.9. The maximum Gasteiger partial charge on any atom is 0.220 e. The van der Waals surface area contributed by atoms with E-state index in [0.717, 1.165) is 0 Å². The molecule has 0 heterocycles. The molecule has 0 aromatic rings. The first-order chi connectivity index (χ1) is 20.5. The van der Waals surface area contributed by atoms with Crippen molar-refractivity contribution in [3.05, 3.63) is 0 Å². The fraction of sp³-hybridized carbons (Fsp3) is 0.846. The van der Waals surface area contributed by atoms with E-state index in [-0.39, 0.29) is 49.3 Å². The van der Waals surface area contributed by atoms with E-state index in [9.17, 15) is 19.2 Å². The van der Waals surface area contributed by atoms with Gasteiger partial charge in [-0.2, -0.15) is 0 Å². The van der Waals surface area contributed by atoms with Gasteiger partial charge in [0.05, 0.1) is 66.1 Å². The Labute approximate surface area is 257 Å². The Balaban J connectivity index is 3.45. The van der Waals surface area contributed by atoms with Gasteiger partial charge in [0.25, 0.3) is 0 Å². The maximum absolute atomic E-state index is 11.9. The summed E-state index contributed by atoms with van der Waals surface area (Å²) in [5.41, 5.74) is 0. The quantitative estimate of drug-likeness (QED) is 0.0578. The van der Waals surface area contributed by atoms with Gasteiger partial charge in [-0.15, -0.1) is 0 Å². The molecule has 246 valence electrons. The van der Waals surface area contributed by atoms with Gasteiger partial charge < -0.3 is 49.7 Å². The van der Waals surface area contributed by atoms with Crippen molar-refractivity contribution in [3.8, 4) is 0 Å². The summed E-state index contributed by atoms with van der Waals surface area (Å²) in [5.74, 6) is 0.666. The number of hydrogen-bond acceptors (Lipinski definition) is 12. The second kappa shape index (κ2) is 32.3. The SMILES string of the molecule is COCCOCCOCCNC(=O)CCC(=O)NCCSSCCNC(=O)CCC(=O)NCCOCCOCCOC. The van der Waals surface area contributed by atoms with Gasteiger partial charge >= 0.3 is 0 Å². The third-order valence-corrected chi connectivity index (χ3v) is 7.41. The standard InChI is InChI=1S/C26H50N4O10S2/c1-35-13-15-39-19-17-37-11-7-27-23(31)3-5-25(33)29-9-21-41-42-22-10-30-26(34)6-4-24(32)28-8-12-38-18-20-40-16-14-36-2/h3-22H2,1-2H3,(H,27,31)(H,28,32)(H,29,33)(H,30,34). The third kappa shape index (κ3) is 31.3. The highest BCUT2D eigenvalue weighted by Gasteiger charge is 2.08. The summed E-state index contributed by atoms with van der Waals surface area (Å²) in [4.78, 5) is 47.4. The van der Waals surface area contributed by atoms with E-state index < -0.39 is 0 Å². The molecule has 14 nitrogen and oxygen atoms in total. The summed E-state index contributed by atoms with van der Waals surface area (Å²) in [6, 6.07) is 0. The predicted octanol–water partition coefficient (Wildman–Crippen LogP) is -0.248. The molecule has 0 bridgehead atoms. The van der Waals surface area contributed by atoms with Crippen molar-refractivity contribution in [2.75, 3.05) is 118 Å². The zero-order valence-electron chi connectivity index (χ0n) is 25.0. The van der Waals surface area contributed by atoms with Crippen LogP contribution < -0.4 is 21.3 Å². The van der Waals surface area contributed by atoms with E-state index in [1.807, 2.05) is 0 Å². The van der Waals surface area contributed by atoms with Crippen LogP contribution in [0.25, 0.3) is 0 Å². The second-order valence-corrected chi connectivity index (χ2v) is 11.2.